The van der Waals surface area contributed by atoms with Gasteiger partial charge in [-0.3, -0.25) is 9.59 Å². The number of rotatable bonds is 3. The molecule has 0 saturated heterocycles. The fraction of sp³-hybridized carbons (Fsp3) is 0.857. The van der Waals surface area contributed by atoms with E-state index in [2.05, 4.69) is 0 Å². The highest BCUT2D eigenvalue weighted by Crippen LogP contribution is 2.46. The van der Waals surface area contributed by atoms with Crippen LogP contribution in [0.1, 0.15) is 40.0 Å². The van der Waals surface area contributed by atoms with Crippen LogP contribution in [0.25, 0.3) is 0 Å². The summed E-state index contributed by atoms with van der Waals surface area (Å²) >= 11 is 0. The van der Waals surface area contributed by atoms with Crippen LogP contribution >= 0.6 is 0 Å². The topological polar surface area (TPSA) is 58.2 Å². The van der Waals surface area contributed by atoms with Gasteiger partial charge < -0.3 is 10.6 Å². The van der Waals surface area contributed by atoms with Crippen molar-refractivity contribution in [2.24, 2.45) is 10.8 Å². The third-order valence-corrected chi connectivity index (χ3v) is 3.97. The Morgan fingerprint density at radius 1 is 0.958 bits per heavy atom. The summed E-state index contributed by atoms with van der Waals surface area (Å²) in [6.45, 7) is 4.75. The van der Waals surface area contributed by atoms with Gasteiger partial charge in [-0.05, 0) is 30.1 Å². The average molecular weight is 362 g/mol. The van der Waals surface area contributed by atoms with E-state index in [9.17, 15) is 35.9 Å². The molecule has 2 atom stereocenters. The molecular formula is C14H20F6N2O2. The molecule has 2 N–H and O–H groups in total. The lowest BCUT2D eigenvalue weighted by molar-refractivity contribution is -0.175. The Morgan fingerprint density at radius 2 is 1.46 bits per heavy atom. The van der Waals surface area contributed by atoms with Crippen LogP contribution in [0, 0.1) is 10.8 Å². The lowest BCUT2D eigenvalue weighted by Gasteiger charge is -2.47. The lowest BCUT2D eigenvalue weighted by atomic mass is 9.62. The van der Waals surface area contributed by atoms with E-state index in [1.807, 2.05) is 5.32 Å². The van der Waals surface area contributed by atoms with E-state index < -0.39 is 41.0 Å². The summed E-state index contributed by atoms with van der Waals surface area (Å²) in [4.78, 5) is 22.0. The zero-order valence-electron chi connectivity index (χ0n) is 13.5. The molecule has 4 nitrogen and oxygen atoms in total. The van der Waals surface area contributed by atoms with Crippen LogP contribution in [0.15, 0.2) is 0 Å². The number of amides is 2. The van der Waals surface area contributed by atoms with E-state index in [0.717, 1.165) is 0 Å². The smallest absolute Gasteiger partial charge is 0.348 e. The molecule has 2 amide bonds. The van der Waals surface area contributed by atoms with Gasteiger partial charge >= 0.3 is 24.2 Å². The van der Waals surface area contributed by atoms with Crippen molar-refractivity contribution in [3.63, 3.8) is 0 Å². The number of nitrogens with one attached hydrogen (secondary N) is 2. The maximum atomic E-state index is 12.4. The number of hydrogen-bond donors (Lipinski definition) is 2. The Hall–Kier alpha value is -1.48. The number of halogens is 6. The van der Waals surface area contributed by atoms with Crippen LogP contribution in [0.2, 0.25) is 0 Å². The molecule has 1 aliphatic carbocycles. The highest BCUT2D eigenvalue weighted by Gasteiger charge is 2.46. The quantitative estimate of drug-likeness (QED) is 0.759. The van der Waals surface area contributed by atoms with Gasteiger partial charge in [0.25, 0.3) is 0 Å². The third-order valence-electron chi connectivity index (χ3n) is 3.97. The molecule has 10 heteroatoms. The molecule has 0 aromatic carbocycles. The van der Waals surface area contributed by atoms with E-state index >= 15 is 0 Å². The van der Waals surface area contributed by atoms with Crippen molar-refractivity contribution in [3.05, 3.63) is 0 Å². The molecule has 1 saturated carbocycles. The molecule has 0 unspecified atom stereocenters. The minimum absolute atomic E-state index is 0.0381. The SMILES string of the molecule is CC1(C)C[C@H](NC(=O)C(F)(F)F)C[C@](C)(CNC(=O)C(F)(F)F)C1. The molecular weight excluding hydrogens is 342 g/mol. The maximum absolute atomic E-state index is 12.4. The van der Waals surface area contributed by atoms with E-state index in [4.69, 9.17) is 0 Å². The van der Waals surface area contributed by atoms with E-state index in [1.165, 1.54) is 0 Å². The molecule has 0 aromatic rings. The van der Waals surface area contributed by atoms with Gasteiger partial charge in [-0.1, -0.05) is 20.8 Å². The summed E-state index contributed by atoms with van der Waals surface area (Å²) in [7, 11) is 0. The highest BCUT2D eigenvalue weighted by atomic mass is 19.4. The second-order valence-electron chi connectivity index (χ2n) is 7.41. The molecule has 140 valence electrons. The Bertz CT molecular complexity index is 500. The standard InChI is InChI=1S/C14H20F6N2O2/c1-11(2)4-8(22-10(24)14(18,19)20)5-12(3,6-11)7-21-9(23)13(15,16)17/h8H,4-7H2,1-3H3,(H,21,23)(H,22,24)/t8-,12-/m0/s1. The van der Waals surface area contributed by atoms with Crippen LogP contribution in [-0.2, 0) is 9.59 Å². The van der Waals surface area contributed by atoms with Crippen molar-refractivity contribution in [2.45, 2.75) is 58.4 Å². The second kappa shape index (κ2) is 6.44. The summed E-state index contributed by atoms with van der Waals surface area (Å²) in [6, 6.07) is -0.837. The molecule has 0 aliphatic heterocycles. The number of alkyl halides is 6. The monoisotopic (exact) mass is 362 g/mol. The van der Waals surface area contributed by atoms with Gasteiger partial charge in [0.15, 0.2) is 0 Å². The Morgan fingerprint density at radius 3 is 1.92 bits per heavy atom. The summed E-state index contributed by atoms with van der Waals surface area (Å²) in [5, 5.41) is 3.66. The van der Waals surface area contributed by atoms with Gasteiger partial charge in [0.2, 0.25) is 0 Å². The van der Waals surface area contributed by atoms with Crippen molar-refractivity contribution >= 4 is 11.8 Å². The van der Waals surface area contributed by atoms with Crippen LogP contribution in [0.3, 0.4) is 0 Å². The van der Waals surface area contributed by atoms with Crippen molar-refractivity contribution in [3.8, 4) is 0 Å². The van der Waals surface area contributed by atoms with Crippen LogP contribution < -0.4 is 10.6 Å². The predicted octanol–water partition coefficient (Wildman–Crippen LogP) is 2.93. The number of hydrogen-bond acceptors (Lipinski definition) is 2. The fourth-order valence-corrected chi connectivity index (χ4v) is 3.53. The van der Waals surface area contributed by atoms with Crippen LogP contribution in [0.5, 0.6) is 0 Å². The number of carbonyl (C=O) groups excluding carboxylic acids is 2. The van der Waals surface area contributed by atoms with Crippen LogP contribution in [-0.4, -0.2) is 36.8 Å². The molecule has 1 rings (SSSR count). The van der Waals surface area contributed by atoms with Crippen molar-refractivity contribution in [2.75, 3.05) is 6.54 Å². The molecule has 0 heterocycles. The first kappa shape index (κ1) is 20.6. The average Bonchev–Trinajstić information content (AvgIpc) is 2.31. The molecule has 24 heavy (non-hydrogen) atoms. The van der Waals surface area contributed by atoms with Crippen molar-refractivity contribution in [1.29, 1.82) is 0 Å². The van der Waals surface area contributed by atoms with Crippen molar-refractivity contribution < 1.29 is 35.9 Å². The van der Waals surface area contributed by atoms with Gasteiger partial charge in [-0.25, -0.2) is 0 Å². The van der Waals surface area contributed by atoms with Gasteiger partial charge in [0.1, 0.15) is 0 Å². The normalized spacial score (nSPS) is 27.5. The van der Waals surface area contributed by atoms with Gasteiger partial charge in [0.05, 0.1) is 0 Å². The van der Waals surface area contributed by atoms with Gasteiger partial charge in [-0.15, -0.1) is 0 Å². The van der Waals surface area contributed by atoms with Crippen molar-refractivity contribution in [1.82, 2.24) is 10.6 Å². The second-order valence-corrected chi connectivity index (χ2v) is 7.41. The number of carbonyl (C=O) groups is 2. The predicted molar refractivity (Wildman–Crippen MR) is 72.8 cm³/mol. The summed E-state index contributed by atoms with van der Waals surface area (Å²) in [5.74, 6) is -4.17. The first-order chi connectivity index (χ1) is 10.5. The Balaban J connectivity index is 2.80. The molecule has 0 radical (unpaired) electrons. The molecule has 0 bridgehead atoms. The molecule has 1 aliphatic rings. The van der Waals surface area contributed by atoms with E-state index in [0.29, 0.717) is 6.42 Å². The summed E-state index contributed by atoms with van der Waals surface area (Å²) in [6.07, 6.45) is -9.35. The lowest BCUT2D eigenvalue weighted by Crippen LogP contribution is -2.53. The van der Waals surface area contributed by atoms with Gasteiger partial charge in [-0.2, -0.15) is 26.3 Å². The molecule has 1 fully saturated rings. The Labute approximate surface area is 135 Å². The minimum Gasteiger partial charge on any atom is -0.348 e. The maximum Gasteiger partial charge on any atom is 0.471 e. The fourth-order valence-electron chi connectivity index (χ4n) is 3.53. The minimum atomic E-state index is -5.03. The third kappa shape index (κ3) is 5.86. The van der Waals surface area contributed by atoms with E-state index in [-0.39, 0.29) is 19.4 Å². The summed E-state index contributed by atoms with van der Waals surface area (Å²) in [5.41, 5.74) is -1.37. The zero-order chi connectivity index (χ0) is 19.0. The summed E-state index contributed by atoms with van der Waals surface area (Å²) < 4.78 is 73.9. The largest absolute Gasteiger partial charge is 0.471 e. The molecule has 0 aromatic heterocycles. The highest BCUT2D eigenvalue weighted by molar-refractivity contribution is 5.82. The zero-order valence-corrected chi connectivity index (χ0v) is 13.5. The molecule has 0 spiro atoms. The van der Waals surface area contributed by atoms with E-state index in [1.54, 1.807) is 26.1 Å². The van der Waals surface area contributed by atoms with Gasteiger partial charge in [0, 0.05) is 12.6 Å². The first-order valence-corrected chi connectivity index (χ1v) is 7.27. The first-order valence-electron chi connectivity index (χ1n) is 7.27. The van der Waals surface area contributed by atoms with Crippen LogP contribution in [0.4, 0.5) is 26.3 Å². The Kier molecular flexibility index (Phi) is 5.52.